The summed E-state index contributed by atoms with van der Waals surface area (Å²) in [6, 6.07) is 16.9. The number of aromatic nitrogens is 2. The SMILES string of the molecule is COC(O)c1cc(C2CC2)cnc1Nc1ccc2c(c1)c(-c1cccc(C)c1)cn2C. The van der Waals surface area contributed by atoms with E-state index in [9.17, 15) is 5.11 Å². The minimum absolute atomic E-state index is 0.557. The lowest BCUT2D eigenvalue weighted by Gasteiger charge is -2.16. The first-order chi connectivity index (χ1) is 15.0. The number of nitrogens with one attached hydrogen (secondary N) is 1. The monoisotopic (exact) mass is 413 g/mol. The summed E-state index contributed by atoms with van der Waals surface area (Å²) in [6.07, 6.45) is 5.43. The molecule has 31 heavy (non-hydrogen) atoms. The molecule has 0 aliphatic heterocycles. The van der Waals surface area contributed by atoms with Gasteiger partial charge in [0, 0.05) is 48.7 Å². The summed E-state index contributed by atoms with van der Waals surface area (Å²) in [5, 5.41) is 15.0. The van der Waals surface area contributed by atoms with Gasteiger partial charge in [-0.3, -0.25) is 0 Å². The van der Waals surface area contributed by atoms with E-state index in [2.05, 4.69) is 71.4 Å². The molecule has 1 saturated carbocycles. The highest BCUT2D eigenvalue weighted by Gasteiger charge is 2.26. The molecule has 0 amide bonds. The lowest BCUT2D eigenvalue weighted by molar-refractivity contribution is -0.0766. The largest absolute Gasteiger partial charge is 0.364 e. The summed E-state index contributed by atoms with van der Waals surface area (Å²) in [5.41, 5.74) is 7.54. The van der Waals surface area contributed by atoms with E-state index < -0.39 is 6.29 Å². The van der Waals surface area contributed by atoms with Crippen molar-refractivity contribution in [3.63, 3.8) is 0 Å². The van der Waals surface area contributed by atoms with Gasteiger partial charge in [-0.25, -0.2) is 4.98 Å². The molecule has 1 fully saturated rings. The predicted octanol–water partition coefficient (Wildman–Crippen LogP) is 5.81. The first kappa shape index (κ1) is 19.8. The molecule has 5 rings (SSSR count). The number of benzene rings is 2. The average molecular weight is 414 g/mol. The summed E-state index contributed by atoms with van der Waals surface area (Å²) in [6.45, 7) is 2.11. The Morgan fingerprint density at radius 3 is 2.74 bits per heavy atom. The highest BCUT2D eigenvalue weighted by Crippen LogP contribution is 2.41. The zero-order valence-corrected chi connectivity index (χ0v) is 18.1. The number of nitrogens with zero attached hydrogens (tertiary/aromatic N) is 2. The smallest absolute Gasteiger partial charge is 0.184 e. The van der Waals surface area contributed by atoms with Crippen LogP contribution in [0.15, 0.2) is 60.9 Å². The minimum atomic E-state index is -1.02. The molecule has 0 saturated heterocycles. The van der Waals surface area contributed by atoms with Crippen molar-refractivity contribution >= 4 is 22.4 Å². The van der Waals surface area contributed by atoms with Gasteiger partial charge >= 0.3 is 0 Å². The first-order valence-electron chi connectivity index (χ1n) is 10.7. The molecule has 0 spiro atoms. The van der Waals surface area contributed by atoms with Gasteiger partial charge < -0.3 is 19.7 Å². The standard InChI is InChI=1S/C26H27N3O2/c1-16-5-4-6-18(11-16)23-15-29(2)24-10-9-20(13-21(23)24)28-25-22(26(30)31-3)12-19(14-27-25)17-7-8-17/h4-6,9-15,17,26,30H,7-8H2,1-3H3,(H,27,28). The number of ether oxygens (including phenoxy) is 1. The summed E-state index contributed by atoms with van der Waals surface area (Å²) >= 11 is 0. The number of aryl methyl sites for hydroxylation is 2. The third kappa shape index (κ3) is 3.82. The van der Waals surface area contributed by atoms with Crippen LogP contribution in [0.3, 0.4) is 0 Å². The molecule has 1 aliphatic carbocycles. The summed E-state index contributed by atoms with van der Waals surface area (Å²) < 4.78 is 7.36. The van der Waals surface area contributed by atoms with Crippen molar-refractivity contribution in [3.8, 4) is 11.1 Å². The number of methoxy groups -OCH3 is 1. The van der Waals surface area contributed by atoms with Crippen LogP contribution in [-0.2, 0) is 11.8 Å². The van der Waals surface area contributed by atoms with E-state index in [0.717, 1.165) is 16.8 Å². The predicted molar refractivity (Wildman–Crippen MR) is 125 cm³/mol. The molecule has 2 heterocycles. The van der Waals surface area contributed by atoms with E-state index in [4.69, 9.17) is 4.74 Å². The van der Waals surface area contributed by atoms with E-state index in [1.807, 2.05) is 18.3 Å². The maximum atomic E-state index is 10.4. The molecule has 2 aromatic heterocycles. The van der Waals surface area contributed by atoms with Crippen LogP contribution in [0.5, 0.6) is 0 Å². The van der Waals surface area contributed by atoms with E-state index in [-0.39, 0.29) is 0 Å². The van der Waals surface area contributed by atoms with Gasteiger partial charge in [-0.15, -0.1) is 0 Å². The van der Waals surface area contributed by atoms with E-state index in [1.165, 1.54) is 42.0 Å². The Kier molecular flexibility index (Phi) is 5.00. The summed E-state index contributed by atoms with van der Waals surface area (Å²) in [5.74, 6) is 1.17. The third-order valence-electron chi connectivity index (χ3n) is 6.06. The normalized spacial score (nSPS) is 14.7. The van der Waals surface area contributed by atoms with Gasteiger partial charge in [0.05, 0.1) is 5.56 Å². The fourth-order valence-electron chi connectivity index (χ4n) is 4.21. The Morgan fingerprint density at radius 1 is 1.16 bits per heavy atom. The van der Waals surface area contributed by atoms with Gasteiger partial charge in [0.15, 0.2) is 6.29 Å². The van der Waals surface area contributed by atoms with E-state index >= 15 is 0 Å². The number of rotatable bonds is 6. The lowest BCUT2D eigenvalue weighted by Crippen LogP contribution is -2.07. The molecule has 0 radical (unpaired) electrons. The van der Waals surface area contributed by atoms with Gasteiger partial charge in [0.1, 0.15) is 5.82 Å². The number of aliphatic hydroxyl groups excluding tert-OH is 1. The van der Waals surface area contributed by atoms with Gasteiger partial charge in [0.2, 0.25) is 0 Å². The van der Waals surface area contributed by atoms with Gasteiger partial charge in [-0.1, -0.05) is 29.8 Å². The maximum Gasteiger partial charge on any atom is 0.184 e. The Hall–Kier alpha value is -3.15. The van der Waals surface area contributed by atoms with Crippen LogP contribution in [0.4, 0.5) is 11.5 Å². The van der Waals surface area contributed by atoms with Gasteiger partial charge in [-0.2, -0.15) is 0 Å². The van der Waals surface area contributed by atoms with Crippen molar-refractivity contribution in [1.29, 1.82) is 0 Å². The topological polar surface area (TPSA) is 59.3 Å². The second-order valence-corrected chi connectivity index (χ2v) is 8.45. The van der Waals surface area contributed by atoms with Crippen molar-refractivity contribution in [1.82, 2.24) is 9.55 Å². The van der Waals surface area contributed by atoms with Crippen LogP contribution >= 0.6 is 0 Å². The Labute approximate surface area is 182 Å². The van der Waals surface area contributed by atoms with Crippen LogP contribution in [0.2, 0.25) is 0 Å². The number of hydrogen-bond acceptors (Lipinski definition) is 4. The molecule has 2 N–H and O–H groups in total. The lowest BCUT2D eigenvalue weighted by atomic mass is 10.0. The van der Waals surface area contributed by atoms with Crippen LogP contribution in [0.25, 0.3) is 22.0 Å². The average Bonchev–Trinajstić information content (AvgIpc) is 3.57. The fraction of sp³-hybridized carbons (Fsp3) is 0.269. The molecule has 1 aliphatic rings. The number of fused-ring (bicyclic) bond motifs is 1. The quantitative estimate of drug-likeness (QED) is 0.392. The number of hydrogen-bond donors (Lipinski definition) is 2. The zero-order valence-electron chi connectivity index (χ0n) is 18.1. The minimum Gasteiger partial charge on any atom is -0.364 e. The highest BCUT2D eigenvalue weighted by atomic mass is 16.6. The molecule has 5 nitrogen and oxygen atoms in total. The molecule has 4 aromatic rings. The maximum absolute atomic E-state index is 10.4. The van der Waals surface area contributed by atoms with Gasteiger partial charge in [0.25, 0.3) is 0 Å². The van der Waals surface area contributed by atoms with Crippen molar-refractivity contribution in [2.75, 3.05) is 12.4 Å². The summed E-state index contributed by atoms with van der Waals surface area (Å²) in [4.78, 5) is 4.63. The molecule has 158 valence electrons. The molecule has 1 atom stereocenters. The number of anilines is 2. The first-order valence-corrected chi connectivity index (χ1v) is 10.7. The second kappa shape index (κ2) is 7.84. The zero-order chi connectivity index (χ0) is 21.5. The van der Waals surface area contributed by atoms with E-state index in [1.54, 1.807) is 0 Å². The molecule has 1 unspecified atom stereocenters. The molecular weight excluding hydrogens is 386 g/mol. The number of aliphatic hydroxyl groups is 1. The van der Waals surface area contributed by atoms with Crippen LogP contribution < -0.4 is 5.32 Å². The van der Waals surface area contributed by atoms with E-state index in [0.29, 0.717) is 17.3 Å². The molecule has 2 aromatic carbocycles. The second-order valence-electron chi connectivity index (χ2n) is 8.45. The molecule has 0 bridgehead atoms. The fourth-order valence-corrected chi connectivity index (χ4v) is 4.21. The number of pyridine rings is 1. The molecular formula is C26H27N3O2. The molecule has 5 heteroatoms. The van der Waals surface area contributed by atoms with Crippen molar-refractivity contribution in [2.24, 2.45) is 7.05 Å². The highest BCUT2D eigenvalue weighted by molar-refractivity contribution is 5.98. The van der Waals surface area contributed by atoms with Gasteiger partial charge in [-0.05, 0) is 61.1 Å². The van der Waals surface area contributed by atoms with Crippen LogP contribution in [-0.4, -0.2) is 21.8 Å². The third-order valence-corrected chi connectivity index (χ3v) is 6.06. The summed E-state index contributed by atoms with van der Waals surface area (Å²) in [7, 11) is 3.57. The Balaban J connectivity index is 1.55. The van der Waals surface area contributed by atoms with Crippen molar-refractivity contribution < 1.29 is 9.84 Å². The van der Waals surface area contributed by atoms with Crippen LogP contribution in [0, 0.1) is 6.92 Å². The van der Waals surface area contributed by atoms with Crippen molar-refractivity contribution in [3.05, 3.63) is 77.6 Å². The Bertz CT molecular complexity index is 1260. The van der Waals surface area contributed by atoms with Crippen LogP contribution in [0.1, 0.15) is 41.7 Å². The van der Waals surface area contributed by atoms with Crippen molar-refractivity contribution in [2.45, 2.75) is 32.0 Å². The Morgan fingerprint density at radius 2 is 2.00 bits per heavy atom.